The molecule has 122 valence electrons. The Kier molecular flexibility index (Phi) is 7.98. The lowest BCUT2D eigenvalue weighted by atomic mass is 9.92. The highest BCUT2D eigenvalue weighted by Crippen LogP contribution is 2.28. The van der Waals surface area contributed by atoms with E-state index < -0.39 is 0 Å². The molecule has 3 heteroatoms. The first-order chi connectivity index (χ1) is 10.5. The van der Waals surface area contributed by atoms with Gasteiger partial charge in [-0.05, 0) is 31.9 Å². The normalized spacial score (nSPS) is 19.6. The molecule has 0 radical (unpaired) electrons. The molecule has 0 amide bonds. The van der Waals surface area contributed by atoms with Crippen molar-refractivity contribution in [2.24, 2.45) is 5.92 Å². The van der Waals surface area contributed by atoms with Crippen LogP contribution >= 0.6 is 0 Å². The lowest BCUT2D eigenvalue weighted by Gasteiger charge is -2.36. The largest absolute Gasteiger partial charge is 0.489 e. The maximum absolute atomic E-state index is 5.85. The monoisotopic (exact) mass is 303 g/mol. The SMILES string of the molecule is CC.CC(C)C#Cc1ccc(OC2CC(OC(C)C)C2)cn1. The number of nitrogens with zero attached hydrogens (tertiary/aromatic N) is 1. The molecule has 0 unspecified atom stereocenters. The van der Waals surface area contributed by atoms with Gasteiger partial charge < -0.3 is 9.47 Å². The Morgan fingerprint density at radius 3 is 2.27 bits per heavy atom. The maximum atomic E-state index is 5.85. The van der Waals surface area contributed by atoms with E-state index in [1.165, 1.54) is 0 Å². The lowest BCUT2D eigenvalue weighted by molar-refractivity contribution is -0.0850. The topological polar surface area (TPSA) is 31.4 Å². The zero-order valence-electron chi connectivity index (χ0n) is 14.7. The zero-order chi connectivity index (χ0) is 16.5. The predicted octanol–water partition coefficient (Wildman–Crippen LogP) is 4.45. The van der Waals surface area contributed by atoms with Crippen LogP contribution in [0.2, 0.25) is 0 Å². The molecule has 1 aliphatic rings. The van der Waals surface area contributed by atoms with E-state index >= 15 is 0 Å². The second-order valence-corrected chi connectivity index (χ2v) is 5.82. The van der Waals surface area contributed by atoms with E-state index in [4.69, 9.17) is 9.47 Å². The molecule has 1 fully saturated rings. The van der Waals surface area contributed by atoms with Crippen molar-refractivity contribution >= 4 is 0 Å². The molecular formula is C19H29NO2. The third kappa shape index (κ3) is 6.49. The third-order valence-corrected chi connectivity index (χ3v) is 3.04. The molecule has 0 atom stereocenters. The first kappa shape index (κ1) is 18.5. The van der Waals surface area contributed by atoms with Crippen LogP contribution in [-0.2, 0) is 4.74 Å². The van der Waals surface area contributed by atoms with Crippen LogP contribution in [-0.4, -0.2) is 23.3 Å². The average Bonchev–Trinajstić information content (AvgIpc) is 2.46. The highest BCUT2D eigenvalue weighted by molar-refractivity contribution is 5.31. The summed E-state index contributed by atoms with van der Waals surface area (Å²) in [6.45, 7) is 12.3. The van der Waals surface area contributed by atoms with E-state index in [2.05, 4.69) is 44.5 Å². The Morgan fingerprint density at radius 2 is 1.77 bits per heavy atom. The smallest absolute Gasteiger partial charge is 0.138 e. The third-order valence-electron chi connectivity index (χ3n) is 3.04. The van der Waals surface area contributed by atoms with Crippen LogP contribution in [0.4, 0.5) is 0 Å². The Bertz CT molecular complexity index is 476. The van der Waals surface area contributed by atoms with Gasteiger partial charge in [0, 0.05) is 18.8 Å². The van der Waals surface area contributed by atoms with Crippen molar-refractivity contribution in [3.63, 3.8) is 0 Å². The molecule has 0 N–H and O–H groups in total. The van der Waals surface area contributed by atoms with Crippen molar-refractivity contribution < 1.29 is 9.47 Å². The van der Waals surface area contributed by atoms with Gasteiger partial charge >= 0.3 is 0 Å². The van der Waals surface area contributed by atoms with E-state index in [-0.39, 0.29) is 6.10 Å². The average molecular weight is 303 g/mol. The first-order valence-corrected chi connectivity index (χ1v) is 8.32. The molecule has 0 bridgehead atoms. The summed E-state index contributed by atoms with van der Waals surface area (Å²) in [5.74, 6) is 7.32. The van der Waals surface area contributed by atoms with Crippen LogP contribution in [0.25, 0.3) is 0 Å². The number of rotatable bonds is 4. The van der Waals surface area contributed by atoms with Gasteiger partial charge in [-0.2, -0.15) is 0 Å². The van der Waals surface area contributed by atoms with Crippen molar-refractivity contribution in [3.05, 3.63) is 24.0 Å². The van der Waals surface area contributed by atoms with Gasteiger partial charge in [-0.15, -0.1) is 0 Å². The van der Waals surface area contributed by atoms with Gasteiger partial charge in [0.1, 0.15) is 17.5 Å². The van der Waals surface area contributed by atoms with Gasteiger partial charge in [0.15, 0.2) is 0 Å². The van der Waals surface area contributed by atoms with Crippen molar-refractivity contribution in [3.8, 4) is 17.6 Å². The number of hydrogen-bond donors (Lipinski definition) is 0. The number of hydrogen-bond acceptors (Lipinski definition) is 3. The van der Waals surface area contributed by atoms with E-state index in [0.29, 0.717) is 18.1 Å². The van der Waals surface area contributed by atoms with Crippen molar-refractivity contribution in [1.29, 1.82) is 0 Å². The molecule has 2 rings (SSSR count). The van der Waals surface area contributed by atoms with Crippen LogP contribution in [0.3, 0.4) is 0 Å². The summed E-state index contributed by atoms with van der Waals surface area (Å²) < 4.78 is 11.6. The van der Waals surface area contributed by atoms with E-state index in [1.807, 2.05) is 26.0 Å². The predicted molar refractivity (Wildman–Crippen MR) is 91.0 cm³/mol. The molecule has 0 saturated heterocycles. The summed E-state index contributed by atoms with van der Waals surface area (Å²) in [4.78, 5) is 4.30. The van der Waals surface area contributed by atoms with Crippen molar-refractivity contribution in [2.45, 2.75) is 72.7 Å². The minimum Gasteiger partial charge on any atom is -0.489 e. The molecule has 3 nitrogen and oxygen atoms in total. The Labute approximate surface area is 135 Å². The number of aromatic nitrogens is 1. The first-order valence-electron chi connectivity index (χ1n) is 8.32. The lowest BCUT2D eigenvalue weighted by Crippen LogP contribution is -2.40. The highest BCUT2D eigenvalue weighted by atomic mass is 16.5. The van der Waals surface area contributed by atoms with Crippen molar-refractivity contribution in [1.82, 2.24) is 4.98 Å². The minimum atomic E-state index is 0.258. The van der Waals surface area contributed by atoms with Crippen LogP contribution < -0.4 is 4.74 Å². The minimum absolute atomic E-state index is 0.258. The van der Waals surface area contributed by atoms with Crippen molar-refractivity contribution in [2.75, 3.05) is 0 Å². The summed E-state index contributed by atoms with van der Waals surface area (Å²) in [5, 5.41) is 0. The molecule has 0 spiro atoms. The van der Waals surface area contributed by atoms with Gasteiger partial charge in [-0.25, -0.2) is 4.98 Å². The molecule has 1 aliphatic carbocycles. The Hall–Kier alpha value is -1.53. The molecule has 22 heavy (non-hydrogen) atoms. The van der Waals surface area contributed by atoms with Crippen LogP contribution in [0.5, 0.6) is 5.75 Å². The van der Waals surface area contributed by atoms with E-state index in [1.54, 1.807) is 6.20 Å². The Balaban J connectivity index is 0.00000116. The number of pyridine rings is 1. The quantitative estimate of drug-likeness (QED) is 0.770. The number of ether oxygens (including phenoxy) is 2. The Morgan fingerprint density at radius 1 is 1.09 bits per heavy atom. The second-order valence-electron chi connectivity index (χ2n) is 5.82. The highest BCUT2D eigenvalue weighted by Gasteiger charge is 2.32. The standard InChI is InChI=1S/C17H23NO2.C2H6/c1-12(2)5-6-14-7-8-15(11-18-14)20-17-9-16(10-17)19-13(3)4;1-2/h7-8,11-13,16-17H,9-10H2,1-4H3;1-2H3. The maximum Gasteiger partial charge on any atom is 0.138 e. The van der Waals surface area contributed by atoms with Gasteiger partial charge in [-0.3, -0.25) is 0 Å². The molecule has 0 aliphatic heterocycles. The summed E-state index contributed by atoms with van der Waals surface area (Å²) in [7, 11) is 0. The summed E-state index contributed by atoms with van der Waals surface area (Å²) >= 11 is 0. The van der Waals surface area contributed by atoms with Gasteiger partial charge in [0.25, 0.3) is 0 Å². The molecule has 1 aromatic rings. The van der Waals surface area contributed by atoms with Crippen LogP contribution in [0.1, 0.15) is 60.1 Å². The summed E-state index contributed by atoms with van der Waals surface area (Å²) in [6, 6.07) is 3.85. The van der Waals surface area contributed by atoms with Gasteiger partial charge in [-0.1, -0.05) is 33.6 Å². The van der Waals surface area contributed by atoms with Gasteiger partial charge in [0.05, 0.1) is 18.4 Å². The second kappa shape index (κ2) is 9.48. The molecule has 1 heterocycles. The fraction of sp³-hybridized carbons (Fsp3) is 0.632. The van der Waals surface area contributed by atoms with Crippen LogP contribution in [0, 0.1) is 17.8 Å². The van der Waals surface area contributed by atoms with E-state index in [0.717, 1.165) is 24.3 Å². The fourth-order valence-corrected chi connectivity index (χ4v) is 2.04. The fourth-order valence-electron chi connectivity index (χ4n) is 2.04. The van der Waals surface area contributed by atoms with Gasteiger partial charge in [0.2, 0.25) is 0 Å². The summed E-state index contributed by atoms with van der Waals surface area (Å²) in [5.41, 5.74) is 0.792. The zero-order valence-corrected chi connectivity index (χ0v) is 14.7. The summed E-state index contributed by atoms with van der Waals surface area (Å²) in [6.07, 6.45) is 4.58. The molecule has 1 aromatic heterocycles. The van der Waals surface area contributed by atoms with Crippen LogP contribution in [0.15, 0.2) is 18.3 Å². The molecule has 0 aromatic carbocycles. The molecule has 1 saturated carbocycles. The molecular weight excluding hydrogens is 274 g/mol. The van der Waals surface area contributed by atoms with E-state index in [9.17, 15) is 0 Å².